The number of hydrogen-bond donors (Lipinski definition) is 1. The van der Waals surface area contributed by atoms with Gasteiger partial charge in [0.2, 0.25) is 0 Å². The van der Waals surface area contributed by atoms with E-state index in [1.165, 1.54) is 12.3 Å². The lowest BCUT2D eigenvalue weighted by atomic mass is 9.91. The van der Waals surface area contributed by atoms with E-state index in [4.69, 9.17) is 5.73 Å². The fourth-order valence-electron chi connectivity index (χ4n) is 1.65. The quantitative estimate of drug-likeness (QED) is 0.890. The van der Waals surface area contributed by atoms with Crippen molar-refractivity contribution in [2.45, 2.75) is 18.9 Å². The molecule has 0 radical (unpaired) electrons. The Hall–Kier alpha value is -1.26. The average molecular weight is 236 g/mol. The molecule has 2 N–H and O–H groups in total. The Kier molecular flexibility index (Phi) is 3.03. The Morgan fingerprint density at radius 3 is 2.75 bits per heavy atom. The monoisotopic (exact) mass is 236 g/mol. The van der Waals surface area contributed by atoms with Crippen LogP contribution in [0.2, 0.25) is 0 Å². The highest BCUT2D eigenvalue weighted by atomic mass is 32.1. The number of pyridine rings is 1. The Bertz CT molecular complexity index is 452. The fraction of sp³-hybridized carbons (Fsp3) is 0.250. The molecule has 0 amide bonds. The average Bonchev–Trinajstić information content (AvgIpc) is 2.83. The second-order valence-electron chi connectivity index (χ2n) is 3.66. The van der Waals surface area contributed by atoms with Gasteiger partial charge in [-0.3, -0.25) is 4.98 Å². The maximum atomic E-state index is 12.8. The predicted molar refractivity (Wildman–Crippen MR) is 63.8 cm³/mol. The van der Waals surface area contributed by atoms with Crippen LogP contribution >= 0.6 is 11.3 Å². The summed E-state index contributed by atoms with van der Waals surface area (Å²) in [6.45, 7) is 2.00. The van der Waals surface area contributed by atoms with Crippen molar-refractivity contribution < 1.29 is 4.39 Å². The van der Waals surface area contributed by atoms with Crippen molar-refractivity contribution in [1.29, 1.82) is 0 Å². The van der Waals surface area contributed by atoms with Crippen molar-refractivity contribution in [3.63, 3.8) is 0 Å². The molecule has 0 saturated heterocycles. The van der Waals surface area contributed by atoms with E-state index in [2.05, 4.69) is 4.98 Å². The largest absolute Gasteiger partial charge is 0.316 e. The SMILES string of the molecule is CCC(N)(c1ccc(F)cn1)c1cccs1. The first-order chi connectivity index (χ1) is 7.66. The van der Waals surface area contributed by atoms with Gasteiger partial charge in [-0.05, 0) is 30.0 Å². The molecule has 16 heavy (non-hydrogen) atoms. The summed E-state index contributed by atoms with van der Waals surface area (Å²) in [6.07, 6.45) is 1.94. The molecule has 2 aromatic heterocycles. The van der Waals surface area contributed by atoms with Gasteiger partial charge in [0.25, 0.3) is 0 Å². The molecule has 2 rings (SSSR count). The van der Waals surface area contributed by atoms with E-state index in [0.717, 1.165) is 11.3 Å². The Morgan fingerprint density at radius 2 is 2.25 bits per heavy atom. The topological polar surface area (TPSA) is 38.9 Å². The highest BCUT2D eigenvalue weighted by Crippen LogP contribution is 2.31. The Labute approximate surface area is 97.9 Å². The van der Waals surface area contributed by atoms with Gasteiger partial charge < -0.3 is 5.73 Å². The van der Waals surface area contributed by atoms with Gasteiger partial charge >= 0.3 is 0 Å². The van der Waals surface area contributed by atoms with Crippen LogP contribution in [0.4, 0.5) is 4.39 Å². The first kappa shape index (κ1) is 11.2. The van der Waals surface area contributed by atoms with Gasteiger partial charge in [0.15, 0.2) is 0 Å². The van der Waals surface area contributed by atoms with Gasteiger partial charge in [-0.2, -0.15) is 0 Å². The third-order valence-corrected chi connectivity index (χ3v) is 3.75. The smallest absolute Gasteiger partial charge is 0.141 e. The minimum absolute atomic E-state index is 0.339. The Balaban J connectivity index is 2.46. The van der Waals surface area contributed by atoms with Crippen LogP contribution in [0.15, 0.2) is 35.8 Å². The van der Waals surface area contributed by atoms with Crippen LogP contribution in [0.3, 0.4) is 0 Å². The van der Waals surface area contributed by atoms with Crippen LogP contribution in [0.1, 0.15) is 23.9 Å². The summed E-state index contributed by atoms with van der Waals surface area (Å²) >= 11 is 1.59. The molecule has 0 aromatic carbocycles. The molecule has 0 saturated carbocycles. The Morgan fingerprint density at radius 1 is 1.44 bits per heavy atom. The van der Waals surface area contributed by atoms with Crippen molar-refractivity contribution in [3.8, 4) is 0 Å². The van der Waals surface area contributed by atoms with Gasteiger partial charge in [-0.15, -0.1) is 11.3 Å². The van der Waals surface area contributed by atoms with E-state index in [1.54, 1.807) is 17.4 Å². The lowest BCUT2D eigenvalue weighted by Gasteiger charge is -2.26. The number of hydrogen-bond acceptors (Lipinski definition) is 3. The van der Waals surface area contributed by atoms with Crippen LogP contribution in [0.25, 0.3) is 0 Å². The highest BCUT2D eigenvalue weighted by molar-refractivity contribution is 7.10. The summed E-state index contributed by atoms with van der Waals surface area (Å²) in [5.41, 5.74) is 6.46. The van der Waals surface area contributed by atoms with Crippen molar-refractivity contribution in [1.82, 2.24) is 4.98 Å². The minimum atomic E-state index is -0.609. The van der Waals surface area contributed by atoms with E-state index >= 15 is 0 Å². The summed E-state index contributed by atoms with van der Waals surface area (Å²) in [5, 5.41) is 1.98. The number of nitrogens with two attached hydrogens (primary N) is 1. The molecular formula is C12H13FN2S. The first-order valence-electron chi connectivity index (χ1n) is 5.11. The molecule has 2 aromatic rings. The predicted octanol–water partition coefficient (Wildman–Crippen LogP) is 2.89. The molecule has 4 heteroatoms. The van der Waals surface area contributed by atoms with E-state index in [-0.39, 0.29) is 5.82 Å². The number of rotatable bonds is 3. The van der Waals surface area contributed by atoms with Gasteiger partial charge in [0.05, 0.1) is 17.4 Å². The molecule has 1 unspecified atom stereocenters. The standard InChI is InChI=1S/C12H13FN2S/c1-2-12(14,11-4-3-7-16-11)10-6-5-9(13)8-15-10/h3-8H,2,14H2,1H3. The molecule has 0 aliphatic carbocycles. The molecule has 0 fully saturated rings. The summed E-state index contributed by atoms with van der Waals surface area (Å²) < 4.78 is 12.8. The molecule has 0 aliphatic rings. The van der Waals surface area contributed by atoms with E-state index in [0.29, 0.717) is 5.69 Å². The van der Waals surface area contributed by atoms with E-state index in [9.17, 15) is 4.39 Å². The fourth-order valence-corrected chi connectivity index (χ4v) is 2.57. The lowest BCUT2D eigenvalue weighted by Crippen LogP contribution is -2.37. The molecule has 0 spiro atoms. The van der Waals surface area contributed by atoms with Crippen molar-refractivity contribution in [2.24, 2.45) is 5.73 Å². The van der Waals surface area contributed by atoms with Gasteiger partial charge in [0.1, 0.15) is 5.82 Å². The van der Waals surface area contributed by atoms with Crippen molar-refractivity contribution in [2.75, 3.05) is 0 Å². The first-order valence-corrected chi connectivity index (χ1v) is 5.99. The summed E-state index contributed by atoms with van der Waals surface area (Å²) in [5.74, 6) is -0.339. The van der Waals surface area contributed by atoms with Crippen LogP contribution in [0.5, 0.6) is 0 Å². The number of halogens is 1. The van der Waals surface area contributed by atoms with Crippen LogP contribution < -0.4 is 5.73 Å². The van der Waals surface area contributed by atoms with Gasteiger partial charge in [0, 0.05) is 4.88 Å². The number of nitrogens with zero attached hydrogens (tertiary/aromatic N) is 1. The molecule has 1 atom stereocenters. The zero-order valence-electron chi connectivity index (χ0n) is 8.98. The van der Waals surface area contributed by atoms with Crippen LogP contribution in [0, 0.1) is 5.82 Å². The third kappa shape index (κ3) is 1.86. The molecule has 84 valence electrons. The molecule has 2 heterocycles. The molecule has 0 aliphatic heterocycles. The molecule has 0 bridgehead atoms. The van der Waals surface area contributed by atoms with Crippen molar-refractivity contribution >= 4 is 11.3 Å². The third-order valence-electron chi connectivity index (χ3n) is 2.70. The maximum Gasteiger partial charge on any atom is 0.141 e. The number of thiophene rings is 1. The van der Waals surface area contributed by atoms with Gasteiger partial charge in [-0.1, -0.05) is 13.0 Å². The summed E-state index contributed by atoms with van der Waals surface area (Å²) in [6, 6.07) is 6.99. The molecule has 2 nitrogen and oxygen atoms in total. The van der Waals surface area contributed by atoms with Crippen molar-refractivity contribution in [3.05, 3.63) is 52.2 Å². The van der Waals surface area contributed by atoms with Crippen LogP contribution in [-0.4, -0.2) is 4.98 Å². The maximum absolute atomic E-state index is 12.8. The summed E-state index contributed by atoms with van der Waals surface area (Å²) in [7, 11) is 0. The van der Waals surface area contributed by atoms with Gasteiger partial charge in [-0.25, -0.2) is 4.39 Å². The number of aromatic nitrogens is 1. The molecular weight excluding hydrogens is 223 g/mol. The summed E-state index contributed by atoms with van der Waals surface area (Å²) in [4.78, 5) is 5.13. The zero-order valence-corrected chi connectivity index (χ0v) is 9.80. The minimum Gasteiger partial charge on any atom is -0.316 e. The van der Waals surface area contributed by atoms with E-state index < -0.39 is 5.54 Å². The lowest BCUT2D eigenvalue weighted by molar-refractivity contribution is 0.508. The van der Waals surface area contributed by atoms with E-state index in [1.807, 2.05) is 24.4 Å². The van der Waals surface area contributed by atoms with Crippen LogP contribution in [-0.2, 0) is 5.54 Å². The normalized spacial score (nSPS) is 14.7. The second-order valence-corrected chi connectivity index (χ2v) is 4.61. The zero-order chi connectivity index (χ0) is 11.6. The highest BCUT2D eigenvalue weighted by Gasteiger charge is 2.29. The second kappa shape index (κ2) is 4.31.